The molecule has 0 saturated heterocycles. The van der Waals surface area contributed by atoms with E-state index in [1.54, 1.807) is 11.3 Å². The molecule has 1 aromatic heterocycles. The van der Waals surface area contributed by atoms with Gasteiger partial charge in [-0.25, -0.2) is 4.98 Å². The molecule has 1 saturated carbocycles. The van der Waals surface area contributed by atoms with Gasteiger partial charge in [-0.15, -0.1) is 11.3 Å². The minimum absolute atomic E-state index is 0.203. The number of hydrogen-bond donors (Lipinski definition) is 2. The molecule has 4 heteroatoms. The fourth-order valence-corrected chi connectivity index (χ4v) is 2.27. The van der Waals surface area contributed by atoms with Gasteiger partial charge >= 0.3 is 0 Å². The molecule has 3 nitrogen and oxygen atoms in total. The van der Waals surface area contributed by atoms with E-state index in [-0.39, 0.29) is 6.61 Å². The van der Waals surface area contributed by atoms with E-state index in [9.17, 15) is 0 Å². The third-order valence-electron chi connectivity index (χ3n) is 2.09. The van der Waals surface area contributed by atoms with E-state index in [2.05, 4.69) is 10.3 Å². The minimum atomic E-state index is 0.203. The summed E-state index contributed by atoms with van der Waals surface area (Å²) in [6.07, 6.45) is 4.58. The van der Waals surface area contributed by atoms with Crippen LogP contribution in [0.3, 0.4) is 0 Å². The maximum atomic E-state index is 8.57. The molecule has 13 heavy (non-hydrogen) atoms. The number of aliphatic hydroxyl groups is 1. The number of aliphatic hydroxyl groups excluding tert-OH is 1. The Morgan fingerprint density at radius 2 is 2.46 bits per heavy atom. The molecule has 1 aliphatic carbocycles. The molecule has 1 aromatic rings. The summed E-state index contributed by atoms with van der Waals surface area (Å²) < 4.78 is 0. The monoisotopic (exact) mass is 198 g/mol. The first kappa shape index (κ1) is 9.12. The normalized spacial score (nSPS) is 16.4. The fraction of sp³-hybridized carbons (Fsp3) is 0.667. The largest absolute Gasteiger partial charge is 0.395 e. The summed E-state index contributed by atoms with van der Waals surface area (Å²) in [4.78, 5) is 5.65. The van der Waals surface area contributed by atoms with Crippen LogP contribution in [0.2, 0.25) is 0 Å². The van der Waals surface area contributed by atoms with Crippen LogP contribution in [-0.4, -0.2) is 23.2 Å². The van der Waals surface area contributed by atoms with Crippen molar-refractivity contribution in [3.8, 4) is 0 Å². The van der Waals surface area contributed by atoms with E-state index >= 15 is 0 Å². The fourth-order valence-electron chi connectivity index (χ4n) is 1.21. The van der Waals surface area contributed by atoms with E-state index in [1.165, 1.54) is 22.7 Å². The number of hydrogen-bond acceptors (Lipinski definition) is 4. The molecule has 0 amide bonds. The van der Waals surface area contributed by atoms with Crippen molar-refractivity contribution >= 4 is 11.3 Å². The standard InChI is InChI=1S/C9H14N2OS/c12-4-3-10-5-8-6-11-9(13-8)7-1-2-7/h6-7,10,12H,1-5H2. The number of rotatable bonds is 5. The summed E-state index contributed by atoms with van der Waals surface area (Å²) in [5.41, 5.74) is 0. The Labute approximate surface area is 81.8 Å². The highest BCUT2D eigenvalue weighted by Crippen LogP contribution is 2.41. The van der Waals surface area contributed by atoms with Gasteiger partial charge in [-0.3, -0.25) is 0 Å². The summed E-state index contributed by atoms with van der Waals surface area (Å²) in [7, 11) is 0. The van der Waals surface area contributed by atoms with Crippen LogP contribution in [0.1, 0.15) is 28.6 Å². The molecule has 1 aliphatic rings. The average Bonchev–Trinajstić information content (AvgIpc) is 2.88. The highest BCUT2D eigenvalue weighted by Gasteiger charge is 2.26. The van der Waals surface area contributed by atoms with Gasteiger partial charge in [-0.2, -0.15) is 0 Å². The molecule has 0 atom stereocenters. The Morgan fingerprint density at radius 1 is 1.62 bits per heavy atom. The first-order chi connectivity index (χ1) is 6.40. The molecule has 0 aromatic carbocycles. The minimum Gasteiger partial charge on any atom is -0.395 e. The summed E-state index contributed by atoms with van der Waals surface area (Å²) >= 11 is 1.80. The van der Waals surface area contributed by atoms with Crippen LogP contribution in [0.4, 0.5) is 0 Å². The third-order valence-corrected chi connectivity index (χ3v) is 3.25. The van der Waals surface area contributed by atoms with Crippen molar-refractivity contribution in [2.24, 2.45) is 0 Å². The molecule has 1 fully saturated rings. The van der Waals surface area contributed by atoms with Crippen molar-refractivity contribution in [3.05, 3.63) is 16.1 Å². The maximum Gasteiger partial charge on any atom is 0.0959 e. The lowest BCUT2D eigenvalue weighted by molar-refractivity contribution is 0.292. The number of nitrogens with one attached hydrogen (secondary N) is 1. The molecule has 1 heterocycles. The summed E-state index contributed by atoms with van der Waals surface area (Å²) in [6.45, 7) is 1.70. The predicted molar refractivity (Wildman–Crippen MR) is 52.9 cm³/mol. The molecule has 0 aliphatic heterocycles. The van der Waals surface area contributed by atoms with E-state index in [1.807, 2.05) is 6.20 Å². The lowest BCUT2D eigenvalue weighted by Crippen LogP contribution is -2.16. The van der Waals surface area contributed by atoms with Crippen LogP contribution in [-0.2, 0) is 6.54 Å². The Balaban J connectivity index is 1.82. The van der Waals surface area contributed by atoms with Crippen molar-refractivity contribution in [2.45, 2.75) is 25.3 Å². The molecule has 2 N–H and O–H groups in total. The van der Waals surface area contributed by atoms with Gasteiger partial charge in [0.05, 0.1) is 11.6 Å². The summed E-state index contributed by atoms with van der Waals surface area (Å²) in [5, 5.41) is 13.0. The molecular formula is C9H14N2OS. The summed E-state index contributed by atoms with van der Waals surface area (Å²) in [5.74, 6) is 0.761. The molecule has 2 rings (SSSR count). The molecular weight excluding hydrogens is 184 g/mol. The second kappa shape index (κ2) is 4.17. The van der Waals surface area contributed by atoms with Gasteiger partial charge in [0.15, 0.2) is 0 Å². The van der Waals surface area contributed by atoms with Crippen molar-refractivity contribution in [2.75, 3.05) is 13.2 Å². The van der Waals surface area contributed by atoms with Crippen molar-refractivity contribution < 1.29 is 5.11 Å². The predicted octanol–water partition coefficient (Wildman–Crippen LogP) is 1.10. The Kier molecular flexibility index (Phi) is 2.93. The number of thiazole rings is 1. The lowest BCUT2D eigenvalue weighted by Gasteiger charge is -1.97. The van der Waals surface area contributed by atoms with Crippen LogP contribution in [0, 0.1) is 0 Å². The highest BCUT2D eigenvalue weighted by atomic mass is 32.1. The second-order valence-electron chi connectivity index (χ2n) is 3.34. The van der Waals surface area contributed by atoms with E-state index in [0.29, 0.717) is 6.54 Å². The van der Waals surface area contributed by atoms with Gasteiger partial charge in [0, 0.05) is 30.1 Å². The van der Waals surface area contributed by atoms with E-state index in [0.717, 1.165) is 12.5 Å². The van der Waals surface area contributed by atoms with Crippen LogP contribution in [0.15, 0.2) is 6.20 Å². The molecule has 0 spiro atoms. The Hall–Kier alpha value is -0.450. The molecule has 0 radical (unpaired) electrons. The first-order valence-corrected chi connectivity index (χ1v) is 5.48. The van der Waals surface area contributed by atoms with Crippen molar-refractivity contribution in [1.29, 1.82) is 0 Å². The molecule has 72 valence electrons. The van der Waals surface area contributed by atoms with Gasteiger partial charge < -0.3 is 10.4 Å². The van der Waals surface area contributed by atoms with Gasteiger partial charge in [-0.1, -0.05) is 0 Å². The lowest BCUT2D eigenvalue weighted by atomic mass is 10.4. The SMILES string of the molecule is OCCNCc1cnc(C2CC2)s1. The Bertz CT molecular complexity index is 270. The van der Waals surface area contributed by atoms with Crippen molar-refractivity contribution in [1.82, 2.24) is 10.3 Å². The summed E-state index contributed by atoms with van der Waals surface area (Å²) in [6, 6.07) is 0. The van der Waals surface area contributed by atoms with E-state index < -0.39 is 0 Å². The molecule has 0 bridgehead atoms. The average molecular weight is 198 g/mol. The van der Waals surface area contributed by atoms with E-state index in [4.69, 9.17) is 5.11 Å². The zero-order chi connectivity index (χ0) is 9.10. The van der Waals surface area contributed by atoms with Crippen molar-refractivity contribution in [3.63, 3.8) is 0 Å². The van der Waals surface area contributed by atoms with Gasteiger partial charge in [0.1, 0.15) is 0 Å². The van der Waals surface area contributed by atoms with Crippen LogP contribution in [0.25, 0.3) is 0 Å². The first-order valence-electron chi connectivity index (χ1n) is 4.66. The maximum absolute atomic E-state index is 8.57. The van der Waals surface area contributed by atoms with Gasteiger partial charge in [0.2, 0.25) is 0 Å². The third kappa shape index (κ3) is 2.49. The van der Waals surface area contributed by atoms with Gasteiger partial charge in [0.25, 0.3) is 0 Å². The Morgan fingerprint density at radius 3 is 3.15 bits per heavy atom. The zero-order valence-electron chi connectivity index (χ0n) is 7.49. The zero-order valence-corrected chi connectivity index (χ0v) is 8.31. The molecule has 0 unspecified atom stereocenters. The quantitative estimate of drug-likeness (QED) is 0.696. The van der Waals surface area contributed by atoms with Crippen LogP contribution >= 0.6 is 11.3 Å². The second-order valence-corrected chi connectivity index (χ2v) is 4.49. The highest BCUT2D eigenvalue weighted by molar-refractivity contribution is 7.11. The van der Waals surface area contributed by atoms with Crippen LogP contribution in [0.5, 0.6) is 0 Å². The topological polar surface area (TPSA) is 45.1 Å². The van der Waals surface area contributed by atoms with Gasteiger partial charge in [-0.05, 0) is 12.8 Å². The number of aromatic nitrogens is 1. The van der Waals surface area contributed by atoms with Crippen LogP contribution < -0.4 is 5.32 Å². The number of nitrogens with zero attached hydrogens (tertiary/aromatic N) is 1. The smallest absolute Gasteiger partial charge is 0.0959 e.